The molecule has 1 heterocycles. The quantitative estimate of drug-likeness (QED) is 0.917. The van der Waals surface area contributed by atoms with Crippen molar-refractivity contribution in [3.05, 3.63) is 53.6 Å². The average Bonchev–Trinajstić information content (AvgIpc) is 2.65. The monoisotopic (exact) mass is 354 g/mol. The van der Waals surface area contributed by atoms with Crippen LogP contribution in [0.5, 0.6) is 11.5 Å². The van der Waals surface area contributed by atoms with Crippen LogP contribution in [0.25, 0.3) is 0 Å². The van der Waals surface area contributed by atoms with Crippen molar-refractivity contribution in [2.24, 2.45) is 0 Å². The minimum absolute atomic E-state index is 0.00263. The van der Waals surface area contributed by atoms with Gasteiger partial charge in [-0.15, -0.1) is 0 Å². The lowest BCUT2D eigenvalue weighted by Crippen LogP contribution is -2.52. The van der Waals surface area contributed by atoms with Crippen molar-refractivity contribution in [3.8, 4) is 11.5 Å². The first kappa shape index (κ1) is 18.1. The van der Waals surface area contributed by atoms with E-state index in [1.807, 2.05) is 55.1 Å². The molecule has 1 amide bonds. The molecule has 26 heavy (non-hydrogen) atoms. The topological polar surface area (TPSA) is 53.0 Å². The molecule has 1 atom stereocenters. The molecule has 1 saturated heterocycles. The molecule has 3 rings (SSSR count). The lowest BCUT2D eigenvalue weighted by atomic mass is 10.1. The van der Waals surface area contributed by atoms with Crippen LogP contribution in [0.4, 0.5) is 5.69 Å². The first-order valence-electron chi connectivity index (χ1n) is 9.02. The molecule has 1 N–H and O–H groups in total. The smallest absolute Gasteiger partial charge is 0.263 e. The molecular weight excluding hydrogens is 328 g/mol. The highest BCUT2D eigenvalue weighted by atomic mass is 16.5. The second kappa shape index (κ2) is 7.68. The molecule has 0 aromatic heterocycles. The Hall–Kier alpha value is -2.69. The van der Waals surface area contributed by atoms with Gasteiger partial charge >= 0.3 is 0 Å². The molecule has 0 radical (unpaired) electrons. The van der Waals surface area contributed by atoms with E-state index >= 15 is 0 Å². The normalized spacial score (nSPS) is 15.7. The number of amides is 1. The van der Waals surface area contributed by atoms with Gasteiger partial charge in [0.25, 0.3) is 5.91 Å². The van der Waals surface area contributed by atoms with Gasteiger partial charge in [0.2, 0.25) is 0 Å². The Morgan fingerprint density at radius 3 is 2.42 bits per heavy atom. The highest BCUT2D eigenvalue weighted by molar-refractivity contribution is 5.81. The highest BCUT2D eigenvalue weighted by Gasteiger charge is 2.27. The number of benzene rings is 2. The van der Waals surface area contributed by atoms with Crippen LogP contribution >= 0.6 is 0 Å². The summed E-state index contributed by atoms with van der Waals surface area (Å²) in [5, 5.41) is 10.00. The van der Waals surface area contributed by atoms with Crippen molar-refractivity contribution in [1.82, 2.24) is 4.90 Å². The number of carbonyl (C=O) groups excluding carboxylic acids is 1. The molecule has 138 valence electrons. The minimum Gasteiger partial charge on any atom is -0.506 e. The number of aryl methyl sites for hydroxylation is 1. The summed E-state index contributed by atoms with van der Waals surface area (Å²) in [5.41, 5.74) is 3.04. The molecule has 1 fully saturated rings. The number of carbonyl (C=O) groups is 1. The van der Waals surface area contributed by atoms with Gasteiger partial charge in [0.15, 0.2) is 6.10 Å². The fraction of sp³-hybridized carbons (Fsp3) is 0.381. The predicted octanol–water partition coefficient (Wildman–Crippen LogP) is 3.13. The zero-order valence-electron chi connectivity index (χ0n) is 15.6. The van der Waals surface area contributed by atoms with Crippen molar-refractivity contribution >= 4 is 11.6 Å². The predicted molar refractivity (Wildman–Crippen MR) is 103 cm³/mol. The van der Waals surface area contributed by atoms with E-state index < -0.39 is 6.10 Å². The summed E-state index contributed by atoms with van der Waals surface area (Å²) in [6, 6.07) is 13.2. The number of para-hydroxylation sites is 2. The Morgan fingerprint density at radius 1 is 1.04 bits per heavy atom. The number of nitrogens with zero attached hydrogens (tertiary/aromatic N) is 2. The highest BCUT2D eigenvalue weighted by Crippen LogP contribution is 2.27. The van der Waals surface area contributed by atoms with E-state index in [0.29, 0.717) is 26.2 Å². The molecule has 2 aromatic rings. The molecule has 1 aliphatic heterocycles. The minimum atomic E-state index is -0.521. The molecule has 0 bridgehead atoms. The van der Waals surface area contributed by atoms with Crippen molar-refractivity contribution in [3.63, 3.8) is 0 Å². The van der Waals surface area contributed by atoms with Crippen LogP contribution in [-0.4, -0.2) is 48.2 Å². The molecule has 0 spiro atoms. The van der Waals surface area contributed by atoms with Gasteiger partial charge in [-0.25, -0.2) is 0 Å². The molecular formula is C21H26N2O3. The Balaban J connectivity index is 1.59. The molecule has 2 aromatic carbocycles. The van der Waals surface area contributed by atoms with Crippen LogP contribution < -0.4 is 9.64 Å². The van der Waals surface area contributed by atoms with E-state index in [2.05, 4.69) is 4.90 Å². The van der Waals surface area contributed by atoms with E-state index in [9.17, 15) is 9.90 Å². The Morgan fingerprint density at radius 2 is 1.73 bits per heavy atom. The summed E-state index contributed by atoms with van der Waals surface area (Å²) in [4.78, 5) is 16.7. The van der Waals surface area contributed by atoms with Gasteiger partial charge in [-0.3, -0.25) is 4.79 Å². The zero-order valence-corrected chi connectivity index (χ0v) is 15.6. The third-order valence-corrected chi connectivity index (χ3v) is 5.02. The van der Waals surface area contributed by atoms with E-state index in [1.54, 1.807) is 13.0 Å². The molecule has 1 aliphatic rings. The summed E-state index contributed by atoms with van der Waals surface area (Å²) in [5.74, 6) is 1.04. The SMILES string of the molecule is Cc1cccc(OC(C)C(=O)N2CCN(c3ccccc3O)CC2)c1C. The van der Waals surface area contributed by atoms with Crippen molar-refractivity contribution in [1.29, 1.82) is 0 Å². The van der Waals surface area contributed by atoms with Crippen molar-refractivity contribution in [2.75, 3.05) is 31.1 Å². The Kier molecular flexibility index (Phi) is 5.35. The number of phenolic OH excluding ortho intramolecular Hbond substituents is 1. The van der Waals surface area contributed by atoms with Gasteiger partial charge in [-0.2, -0.15) is 0 Å². The molecule has 5 heteroatoms. The van der Waals surface area contributed by atoms with Gasteiger partial charge < -0.3 is 19.6 Å². The first-order chi connectivity index (χ1) is 12.5. The number of hydrogen-bond acceptors (Lipinski definition) is 4. The van der Waals surface area contributed by atoms with Gasteiger partial charge in [0.05, 0.1) is 5.69 Å². The molecule has 0 saturated carbocycles. The maximum Gasteiger partial charge on any atom is 0.263 e. The summed E-state index contributed by atoms with van der Waals surface area (Å²) in [6.07, 6.45) is -0.521. The van der Waals surface area contributed by atoms with E-state index in [0.717, 1.165) is 22.6 Å². The maximum atomic E-state index is 12.7. The second-order valence-corrected chi connectivity index (χ2v) is 6.76. The number of aromatic hydroxyl groups is 1. The van der Waals surface area contributed by atoms with Crippen LogP contribution in [0.15, 0.2) is 42.5 Å². The number of anilines is 1. The van der Waals surface area contributed by atoms with Crippen molar-refractivity contribution < 1.29 is 14.6 Å². The lowest BCUT2D eigenvalue weighted by molar-refractivity contribution is -0.138. The molecule has 1 unspecified atom stereocenters. The second-order valence-electron chi connectivity index (χ2n) is 6.76. The molecule has 0 aliphatic carbocycles. The number of hydrogen-bond donors (Lipinski definition) is 1. The van der Waals surface area contributed by atoms with Gasteiger partial charge in [0.1, 0.15) is 11.5 Å². The van der Waals surface area contributed by atoms with Gasteiger partial charge in [-0.1, -0.05) is 24.3 Å². The van der Waals surface area contributed by atoms with Crippen LogP contribution in [0, 0.1) is 13.8 Å². The molecule has 5 nitrogen and oxygen atoms in total. The van der Waals surface area contributed by atoms with Crippen LogP contribution in [0.3, 0.4) is 0 Å². The largest absolute Gasteiger partial charge is 0.506 e. The number of ether oxygens (including phenoxy) is 1. The Bertz CT molecular complexity index is 783. The standard InChI is InChI=1S/C21H26N2O3/c1-15-7-6-10-20(16(15)2)26-17(3)21(25)23-13-11-22(12-14-23)18-8-4-5-9-19(18)24/h4-10,17,24H,11-14H2,1-3H3. The van der Waals surface area contributed by atoms with Gasteiger partial charge in [0, 0.05) is 26.2 Å². The number of phenols is 1. The number of rotatable bonds is 4. The number of piperazine rings is 1. The fourth-order valence-electron chi connectivity index (χ4n) is 3.25. The van der Waals surface area contributed by atoms with E-state index in [4.69, 9.17) is 4.74 Å². The summed E-state index contributed by atoms with van der Waals surface area (Å²) < 4.78 is 5.93. The summed E-state index contributed by atoms with van der Waals surface area (Å²) in [7, 11) is 0. The third-order valence-electron chi connectivity index (χ3n) is 5.02. The van der Waals surface area contributed by atoms with Gasteiger partial charge in [-0.05, 0) is 50.1 Å². The average molecular weight is 354 g/mol. The van der Waals surface area contributed by atoms with Crippen LogP contribution in [0.2, 0.25) is 0 Å². The van der Waals surface area contributed by atoms with Crippen molar-refractivity contribution in [2.45, 2.75) is 26.9 Å². The van der Waals surface area contributed by atoms with Crippen LogP contribution in [0.1, 0.15) is 18.1 Å². The maximum absolute atomic E-state index is 12.7. The lowest BCUT2D eigenvalue weighted by Gasteiger charge is -2.37. The van der Waals surface area contributed by atoms with Crippen LogP contribution in [-0.2, 0) is 4.79 Å². The Labute approximate surface area is 154 Å². The van der Waals surface area contributed by atoms with E-state index in [1.165, 1.54) is 0 Å². The fourth-order valence-corrected chi connectivity index (χ4v) is 3.25. The first-order valence-corrected chi connectivity index (χ1v) is 9.02. The summed E-state index contributed by atoms with van der Waals surface area (Å²) in [6.45, 7) is 8.47. The summed E-state index contributed by atoms with van der Waals surface area (Å²) >= 11 is 0. The zero-order chi connectivity index (χ0) is 18.7. The third kappa shape index (κ3) is 3.77. The van der Waals surface area contributed by atoms with E-state index in [-0.39, 0.29) is 11.7 Å².